The molecule has 0 aromatic heterocycles. The minimum Gasteiger partial charge on any atom is -0.314 e. The fourth-order valence-corrected chi connectivity index (χ4v) is 2.87. The Morgan fingerprint density at radius 1 is 1.39 bits per heavy atom. The zero-order valence-corrected chi connectivity index (χ0v) is 12.1. The van der Waals surface area contributed by atoms with Gasteiger partial charge in [0.15, 0.2) is 0 Å². The molecule has 1 aliphatic heterocycles. The molecule has 100 valence electrons. The summed E-state index contributed by atoms with van der Waals surface area (Å²) in [6, 6.07) is 5.01. The van der Waals surface area contributed by atoms with Crippen LogP contribution in [0.2, 0.25) is 0 Å². The van der Waals surface area contributed by atoms with E-state index >= 15 is 0 Å². The first-order valence-corrected chi connectivity index (χ1v) is 7.16. The van der Waals surface area contributed by atoms with Crippen LogP contribution in [0.15, 0.2) is 22.7 Å². The molecule has 0 bridgehead atoms. The lowest BCUT2D eigenvalue weighted by Gasteiger charge is -2.28. The zero-order valence-electron chi connectivity index (χ0n) is 10.5. The average Bonchev–Trinajstić information content (AvgIpc) is 2.33. The van der Waals surface area contributed by atoms with Gasteiger partial charge in [0.1, 0.15) is 0 Å². The molecule has 0 spiro atoms. The highest BCUT2D eigenvalue weighted by Gasteiger charge is 2.36. The highest BCUT2D eigenvalue weighted by molar-refractivity contribution is 9.10. The molecule has 0 saturated carbocycles. The van der Waals surface area contributed by atoms with Crippen LogP contribution < -0.4 is 5.32 Å². The molecule has 1 aliphatic rings. The van der Waals surface area contributed by atoms with Crippen molar-refractivity contribution in [1.82, 2.24) is 5.32 Å². The number of hydrogen-bond donors (Lipinski definition) is 1. The normalized spacial score (nSPS) is 21.0. The maximum atomic E-state index is 14.3. The van der Waals surface area contributed by atoms with Crippen LogP contribution in [0.3, 0.4) is 0 Å². The van der Waals surface area contributed by atoms with Crippen molar-refractivity contribution in [3.63, 3.8) is 0 Å². The second-order valence-electron chi connectivity index (χ2n) is 5.01. The maximum absolute atomic E-state index is 14.3. The molecule has 4 heteroatoms. The van der Waals surface area contributed by atoms with E-state index < -0.39 is 5.92 Å². The molecule has 1 fully saturated rings. The van der Waals surface area contributed by atoms with Crippen molar-refractivity contribution >= 4 is 15.9 Å². The lowest BCUT2D eigenvalue weighted by atomic mass is 9.93. The summed E-state index contributed by atoms with van der Waals surface area (Å²) in [6.45, 7) is 2.60. The lowest BCUT2D eigenvalue weighted by molar-refractivity contribution is -0.0259. The molecular formula is C14H18BrF2N. The van der Waals surface area contributed by atoms with Crippen molar-refractivity contribution in [1.29, 1.82) is 0 Å². The van der Waals surface area contributed by atoms with Crippen LogP contribution in [0.5, 0.6) is 0 Å². The molecule has 1 unspecified atom stereocenters. The average molecular weight is 318 g/mol. The zero-order chi connectivity index (χ0) is 13.2. The van der Waals surface area contributed by atoms with Gasteiger partial charge in [-0.25, -0.2) is 8.78 Å². The van der Waals surface area contributed by atoms with E-state index in [0.29, 0.717) is 10.0 Å². The van der Waals surface area contributed by atoms with Gasteiger partial charge in [-0.2, -0.15) is 0 Å². The van der Waals surface area contributed by atoms with Crippen LogP contribution in [-0.4, -0.2) is 12.6 Å². The maximum Gasteiger partial charge on any atom is 0.275 e. The lowest BCUT2D eigenvalue weighted by Crippen LogP contribution is -2.38. The Morgan fingerprint density at radius 3 is 2.83 bits per heavy atom. The molecule has 1 aromatic carbocycles. The highest BCUT2D eigenvalue weighted by atomic mass is 79.9. The largest absolute Gasteiger partial charge is 0.314 e. The van der Waals surface area contributed by atoms with Gasteiger partial charge >= 0.3 is 0 Å². The molecule has 0 radical (unpaired) electrons. The van der Waals surface area contributed by atoms with Gasteiger partial charge in [-0.05, 0) is 44.0 Å². The van der Waals surface area contributed by atoms with Crippen molar-refractivity contribution < 1.29 is 8.78 Å². The minimum absolute atomic E-state index is 0.0628. The van der Waals surface area contributed by atoms with Gasteiger partial charge < -0.3 is 5.32 Å². The van der Waals surface area contributed by atoms with Gasteiger partial charge in [0.2, 0.25) is 0 Å². The Balaban J connectivity index is 2.15. The first-order chi connectivity index (χ1) is 8.49. The van der Waals surface area contributed by atoms with Crippen molar-refractivity contribution in [2.45, 2.75) is 44.6 Å². The molecule has 1 N–H and O–H groups in total. The van der Waals surface area contributed by atoms with Crippen LogP contribution in [-0.2, 0) is 5.92 Å². The van der Waals surface area contributed by atoms with Crippen LogP contribution in [0.1, 0.15) is 36.8 Å². The molecule has 1 saturated heterocycles. The third kappa shape index (κ3) is 3.29. The van der Waals surface area contributed by atoms with Crippen LogP contribution in [0.4, 0.5) is 8.78 Å². The number of benzene rings is 1. The summed E-state index contributed by atoms with van der Waals surface area (Å²) < 4.78 is 29.3. The number of nitrogens with one attached hydrogen (secondary N) is 1. The number of halogens is 3. The van der Waals surface area contributed by atoms with Gasteiger partial charge in [-0.1, -0.05) is 28.4 Å². The predicted octanol–water partition coefficient (Wildman–Crippen LogP) is 4.38. The standard InChI is InChI=1S/C14H18BrF2N/c1-10-5-6-11(15)8-13(10)14(16,17)9-12-4-2-3-7-18-12/h5-6,8,12,18H,2-4,7,9H2,1H3. The topological polar surface area (TPSA) is 12.0 Å². The van der Waals surface area contributed by atoms with E-state index in [1.54, 1.807) is 19.1 Å². The molecular weight excluding hydrogens is 300 g/mol. The first kappa shape index (κ1) is 13.9. The van der Waals surface area contributed by atoms with Crippen molar-refractivity contribution in [2.75, 3.05) is 6.54 Å². The molecule has 2 rings (SSSR count). The number of piperidine rings is 1. The summed E-state index contributed by atoms with van der Waals surface area (Å²) in [5.41, 5.74) is 0.795. The van der Waals surface area contributed by atoms with Gasteiger partial charge in [0, 0.05) is 22.5 Å². The third-order valence-corrected chi connectivity index (χ3v) is 4.00. The summed E-state index contributed by atoms with van der Waals surface area (Å²) in [5.74, 6) is -2.76. The van der Waals surface area contributed by atoms with E-state index in [4.69, 9.17) is 0 Å². The van der Waals surface area contributed by atoms with Crippen molar-refractivity contribution in [3.05, 3.63) is 33.8 Å². The molecule has 0 amide bonds. The Hall–Kier alpha value is -0.480. The van der Waals surface area contributed by atoms with E-state index in [-0.39, 0.29) is 18.0 Å². The van der Waals surface area contributed by atoms with E-state index in [9.17, 15) is 8.78 Å². The fourth-order valence-electron chi connectivity index (χ4n) is 2.51. The quantitative estimate of drug-likeness (QED) is 0.872. The van der Waals surface area contributed by atoms with E-state index in [2.05, 4.69) is 21.2 Å². The van der Waals surface area contributed by atoms with Crippen LogP contribution in [0, 0.1) is 6.92 Å². The third-order valence-electron chi connectivity index (χ3n) is 3.51. The van der Waals surface area contributed by atoms with Gasteiger partial charge in [0.25, 0.3) is 5.92 Å². The number of alkyl halides is 2. The van der Waals surface area contributed by atoms with Crippen molar-refractivity contribution in [2.24, 2.45) is 0 Å². The second-order valence-corrected chi connectivity index (χ2v) is 5.93. The summed E-state index contributed by atoms with van der Waals surface area (Å²) in [5, 5.41) is 3.19. The van der Waals surface area contributed by atoms with Crippen LogP contribution >= 0.6 is 15.9 Å². The molecule has 1 aromatic rings. The Labute approximate surface area is 115 Å². The minimum atomic E-state index is -2.76. The number of hydrogen-bond acceptors (Lipinski definition) is 1. The fraction of sp³-hybridized carbons (Fsp3) is 0.571. The first-order valence-electron chi connectivity index (χ1n) is 6.37. The molecule has 1 heterocycles. The van der Waals surface area contributed by atoms with E-state index in [1.807, 2.05) is 0 Å². The highest BCUT2D eigenvalue weighted by Crippen LogP contribution is 2.37. The SMILES string of the molecule is Cc1ccc(Br)cc1C(F)(F)CC1CCCCN1. The van der Waals surface area contributed by atoms with Gasteiger partial charge in [0.05, 0.1) is 0 Å². The number of aryl methyl sites for hydroxylation is 1. The summed E-state index contributed by atoms with van der Waals surface area (Å²) in [6.07, 6.45) is 2.89. The summed E-state index contributed by atoms with van der Waals surface area (Å²) >= 11 is 3.27. The van der Waals surface area contributed by atoms with E-state index in [1.165, 1.54) is 6.07 Å². The van der Waals surface area contributed by atoms with Crippen LogP contribution in [0.25, 0.3) is 0 Å². The van der Waals surface area contributed by atoms with Crippen molar-refractivity contribution in [3.8, 4) is 0 Å². The molecule has 0 aliphatic carbocycles. The second kappa shape index (κ2) is 5.66. The summed E-state index contributed by atoms with van der Waals surface area (Å²) in [4.78, 5) is 0. The Bertz CT molecular complexity index is 414. The molecule has 1 nitrogen and oxygen atoms in total. The molecule has 1 atom stereocenters. The monoisotopic (exact) mass is 317 g/mol. The summed E-state index contributed by atoms with van der Waals surface area (Å²) in [7, 11) is 0. The van der Waals surface area contributed by atoms with Gasteiger partial charge in [-0.15, -0.1) is 0 Å². The number of rotatable bonds is 3. The smallest absolute Gasteiger partial charge is 0.275 e. The Morgan fingerprint density at radius 2 is 2.17 bits per heavy atom. The van der Waals surface area contributed by atoms with E-state index in [0.717, 1.165) is 25.8 Å². The Kier molecular flexibility index (Phi) is 4.38. The predicted molar refractivity (Wildman–Crippen MR) is 73.0 cm³/mol. The molecule has 18 heavy (non-hydrogen) atoms. The van der Waals surface area contributed by atoms with Gasteiger partial charge in [-0.3, -0.25) is 0 Å².